The van der Waals surface area contributed by atoms with Crippen molar-refractivity contribution in [2.45, 2.75) is 6.92 Å². The topological polar surface area (TPSA) is 47.9 Å². The van der Waals surface area contributed by atoms with Crippen molar-refractivity contribution in [3.8, 4) is 5.75 Å². The third kappa shape index (κ3) is 3.62. The Kier molecular flexibility index (Phi) is 4.75. The Labute approximate surface area is 103 Å². The van der Waals surface area contributed by atoms with Crippen LogP contribution in [0.25, 0.3) is 0 Å². The lowest BCUT2D eigenvalue weighted by molar-refractivity contribution is -0.142. The van der Waals surface area contributed by atoms with Crippen LogP contribution in [0.2, 0.25) is 0 Å². The van der Waals surface area contributed by atoms with Crippen molar-refractivity contribution in [1.29, 1.82) is 0 Å². The molecule has 4 nitrogen and oxygen atoms in total. The van der Waals surface area contributed by atoms with E-state index in [-0.39, 0.29) is 18.0 Å². The first-order valence-electron chi connectivity index (χ1n) is 4.66. The number of methoxy groups -OCH3 is 1. The first kappa shape index (κ1) is 13.3. The average Bonchev–Trinajstić information content (AvgIpc) is 2.31. The predicted octanol–water partition coefficient (Wildman–Crippen LogP) is 2.42. The Morgan fingerprint density at radius 1 is 1.59 bits per heavy atom. The minimum atomic E-state index is -0.590. The largest absolute Gasteiger partial charge is 0.482 e. The highest BCUT2D eigenvalue weighted by Gasteiger charge is 2.09. The number of aryl methyl sites for hydroxylation is 1. The quantitative estimate of drug-likeness (QED) is 0.471. The molecule has 6 heteroatoms. The molecule has 0 aliphatic carbocycles. The third-order valence-corrected chi connectivity index (χ3v) is 2.07. The molecule has 0 aliphatic rings. The number of aliphatic imine (C=N–C) groups is 1. The number of hydrogen-bond acceptors (Lipinski definition) is 5. The van der Waals surface area contributed by atoms with Crippen LogP contribution in [-0.4, -0.2) is 24.8 Å². The molecule has 0 spiro atoms. The second-order valence-corrected chi connectivity index (χ2v) is 3.32. The number of nitrogens with zero attached hydrogens (tertiary/aromatic N) is 1. The van der Waals surface area contributed by atoms with Gasteiger partial charge in [-0.1, -0.05) is 0 Å². The SMILES string of the molecule is COC(=O)COc1cc(F)c(N=C=S)cc1C. The molecule has 17 heavy (non-hydrogen) atoms. The summed E-state index contributed by atoms with van der Waals surface area (Å²) in [5, 5.41) is 2.08. The number of thiocarbonyl (C=S) groups is 1. The van der Waals surface area contributed by atoms with Crippen molar-refractivity contribution in [1.82, 2.24) is 0 Å². The standard InChI is InChI=1S/C11H10FNO3S/c1-7-3-9(13-6-17)8(12)4-10(7)16-5-11(14)15-2/h3-4H,5H2,1-2H3. The Hall–Kier alpha value is -1.78. The van der Waals surface area contributed by atoms with Gasteiger partial charge in [0.15, 0.2) is 12.4 Å². The van der Waals surface area contributed by atoms with Gasteiger partial charge in [0, 0.05) is 6.07 Å². The van der Waals surface area contributed by atoms with Crippen LogP contribution in [0.4, 0.5) is 10.1 Å². The first-order chi connectivity index (χ1) is 8.08. The lowest BCUT2D eigenvalue weighted by Gasteiger charge is -2.08. The van der Waals surface area contributed by atoms with Gasteiger partial charge in [-0.15, -0.1) is 0 Å². The van der Waals surface area contributed by atoms with Crippen molar-refractivity contribution in [2.75, 3.05) is 13.7 Å². The van der Waals surface area contributed by atoms with E-state index >= 15 is 0 Å². The third-order valence-electron chi connectivity index (χ3n) is 1.98. The molecule has 1 rings (SSSR count). The van der Waals surface area contributed by atoms with Crippen molar-refractivity contribution in [3.05, 3.63) is 23.5 Å². The molecule has 0 saturated heterocycles. The number of carbonyl (C=O) groups excluding carboxylic acids is 1. The van der Waals surface area contributed by atoms with Gasteiger partial charge in [0.1, 0.15) is 11.4 Å². The zero-order valence-electron chi connectivity index (χ0n) is 9.32. The summed E-state index contributed by atoms with van der Waals surface area (Å²) in [6.45, 7) is 1.43. The van der Waals surface area contributed by atoms with Crippen LogP contribution in [0.1, 0.15) is 5.56 Å². The van der Waals surface area contributed by atoms with E-state index in [1.807, 2.05) is 0 Å². The molecular formula is C11H10FNO3S. The van der Waals surface area contributed by atoms with Crippen LogP contribution in [0.3, 0.4) is 0 Å². The summed E-state index contributed by atoms with van der Waals surface area (Å²) < 4.78 is 23.0. The van der Waals surface area contributed by atoms with Gasteiger partial charge in [0.25, 0.3) is 0 Å². The zero-order valence-corrected chi connectivity index (χ0v) is 10.1. The minimum Gasteiger partial charge on any atom is -0.482 e. The lowest BCUT2D eigenvalue weighted by atomic mass is 10.2. The molecule has 0 bridgehead atoms. The summed E-state index contributed by atoms with van der Waals surface area (Å²) in [5.41, 5.74) is 0.724. The molecule has 0 heterocycles. The Morgan fingerprint density at radius 3 is 2.88 bits per heavy atom. The normalized spacial score (nSPS) is 9.35. The van der Waals surface area contributed by atoms with E-state index in [1.165, 1.54) is 13.2 Å². The molecule has 90 valence electrons. The molecule has 0 amide bonds. The number of carbonyl (C=O) groups is 1. The predicted molar refractivity (Wildman–Crippen MR) is 63.3 cm³/mol. The highest BCUT2D eigenvalue weighted by atomic mass is 32.1. The molecule has 0 aliphatic heterocycles. The fraction of sp³-hybridized carbons (Fsp3) is 0.273. The Morgan fingerprint density at radius 2 is 2.29 bits per heavy atom. The van der Waals surface area contributed by atoms with Crippen molar-refractivity contribution < 1.29 is 18.7 Å². The number of halogens is 1. The molecule has 0 saturated carbocycles. The maximum Gasteiger partial charge on any atom is 0.343 e. The zero-order chi connectivity index (χ0) is 12.8. The van der Waals surface area contributed by atoms with Crippen LogP contribution in [0.5, 0.6) is 5.75 Å². The van der Waals surface area contributed by atoms with E-state index < -0.39 is 11.8 Å². The van der Waals surface area contributed by atoms with Gasteiger partial charge in [-0.05, 0) is 30.8 Å². The van der Waals surface area contributed by atoms with Crippen molar-refractivity contribution in [3.63, 3.8) is 0 Å². The first-order valence-corrected chi connectivity index (χ1v) is 5.07. The summed E-state index contributed by atoms with van der Waals surface area (Å²) in [5.74, 6) is -0.866. The molecule has 0 fully saturated rings. The van der Waals surface area contributed by atoms with E-state index in [9.17, 15) is 9.18 Å². The van der Waals surface area contributed by atoms with Crippen molar-refractivity contribution >= 4 is 29.0 Å². The van der Waals surface area contributed by atoms with Crippen LogP contribution >= 0.6 is 12.2 Å². The molecule has 0 radical (unpaired) electrons. The van der Waals surface area contributed by atoms with Gasteiger partial charge < -0.3 is 9.47 Å². The van der Waals surface area contributed by atoms with Crippen LogP contribution in [0, 0.1) is 12.7 Å². The van der Waals surface area contributed by atoms with E-state index in [4.69, 9.17) is 4.74 Å². The summed E-state index contributed by atoms with van der Waals surface area (Å²) in [6, 6.07) is 2.60. The molecule has 1 aromatic carbocycles. The minimum absolute atomic E-state index is 0.0860. The monoisotopic (exact) mass is 255 g/mol. The molecule has 0 N–H and O–H groups in total. The number of isothiocyanates is 1. The van der Waals surface area contributed by atoms with Gasteiger partial charge in [0.2, 0.25) is 0 Å². The number of esters is 1. The van der Waals surface area contributed by atoms with Gasteiger partial charge in [-0.25, -0.2) is 9.18 Å². The summed E-state index contributed by atoms with van der Waals surface area (Å²) >= 11 is 4.40. The van der Waals surface area contributed by atoms with Crippen LogP contribution in [0.15, 0.2) is 17.1 Å². The van der Waals surface area contributed by atoms with Gasteiger partial charge in [0.05, 0.1) is 12.3 Å². The number of ether oxygens (including phenoxy) is 2. The summed E-state index contributed by atoms with van der Waals surface area (Å²) in [4.78, 5) is 14.4. The maximum atomic E-state index is 13.4. The number of hydrogen-bond donors (Lipinski definition) is 0. The van der Waals surface area contributed by atoms with E-state index in [1.54, 1.807) is 6.92 Å². The maximum absolute atomic E-state index is 13.4. The molecule has 0 unspecified atom stereocenters. The number of rotatable bonds is 4. The average molecular weight is 255 g/mol. The van der Waals surface area contributed by atoms with E-state index in [0.717, 1.165) is 6.07 Å². The Bertz CT molecular complexity index is 484. The Balaban J connectivity index is 2.91. The second-order valence-electron chi connectivity index (χ2n) is 3.14. The van der Waals surface area contributed by atoms with Crippen LogP contribution in [-0.2, 0) is 9.53 Å². The smallest absolute Gasteiger partial charge is 0.343 e. The van der Waals surface area contributed by atoms with Gasteiger partial charge in [-0.2, -0.15) is 4.99 Å². The molecule has 0 aromatic heterocycles. The summed E-state index contributed by atoms with van der Waals surface area (Å²) in [7, 11) is 1.25. The van der Waals surface area contributed by atoms with Gasteiger partial charge in [-0.3, -0.25) is 0 Å². The fourth-order valence-corrected chi connectivity index (χ4v) is 1.23. The van der Waals surface area contributed by atoms with E-state index in [0.29, 0.717) is 5.56 Å². The lowest BCUT2D eigenvalue weighted by Crippen LogP contribution is -2.13. The highest BCUT2D eigenvalue weighted by Crippen LogP contribution is 2.27. The van der Waals surface area contributed by atoms with E-state index in [2.05, 4.69) is 27.1 Å². The molecular weight excluding hydrogens is 245 g/mol. The number of benzene rings is 1. The fourth-order valence-electron chi connectivity index (χ4n) is 1.13. The molecule has 0 atom stereocenters. The molecule has 1 aromatic rings. The second kappa shape index (κ2) is 6.08. The van der Waals surface area contributed by atoms with Crippen molar-refractivity contribution in [2.24, 2.45) is 4.99 Å². The summed E-state index contributed by atoms with van der Waals surface area (Å²) in [6.07, 6.45) is 0. The van der Waals surface area contributed by atoms with Crippen LogP contribution < -0.4 is 4.74 Å². The van der Waals surface area contributed by atoms with Gasteiger partial charge >= 0.3 is 5.97 Å². The highest BCUT2D eigenvalue weighted by molar-refractivity contribution is 7.78.